The molecule has 1 atom stereocenters. The van der Waals surface area contributed by atoms with Crippen LogP contribution >= 0.6 is 11.6 Å². The van der Waals surface area contributed by atoms with Gasteiger partial charge in [-0.15, -0.1) is 0 Å². The highest BCUT2D eigenvalue weighted by atomic mass is 35.5. The van der Waals surface area contributed by atoms with E-state index >= 15 is 0 Å². The summed E-state index contributed by atoms with van der Waals surface area (Å²) in [6, 6.07) is 21.6. The summed E-state index contributed by atoms with van der Waals surface area (Å²) in [5, 5.41) is 2.96. The maximum Gasteiger partial charge on any atom is 0.264 e. The molecule has 0 fully saturated rings. The molecular weight excluding hydrogens is 498 g/mol. The molecule has 0 bridgehead atoms. The highest BCUT2D eigenvalue weighted by Crippen LogP contribution is 2.31. The quantitative estimate of drug-likeness (QED) is 0.431. The first kappa shape index (κ1) is 27.2. The van der Waals surface area contributed by atoms with Crippen molar-refractivity contribution in [3.8, 4) is 0 Å². The van der Waals surface area contributed by atoms with Gasteiger partial charge in [-0.2, -0.15) is 0 Å². The van der Waals surface area contributed by atoms with Gasteiger partial charge >= 0.3 is 0 Å². The fraction of sp³-hybridized carbons (Fsp3) is 0.259. The second-order valence-electron chi connectivity index (χ2n) is 8.32. The SMILES string of the molecule is CNC(=O)[C@@H](C)N(CCc1ccccc1)C(=O)CN(c1cccc(Cl)c1C)S(=O)(=O)c1ccccc1. The molecule has 0 heterocycles. The van der Waals surface area contributed by atoms with Crippen molar-refractivity contribution in [1.82, 2.24) is 10.2 Å². The summed E-state index contributed by atoms with van der Waals surface area (Å²) in [4.78, 5) is 27.6. The van der Waals surface area contributed by atoms with E-state index in [2.05, 4.69) is 5.32 Å². The first-order chi connectivity index (χ1) is 17.2. The molecule has 0 aromatic heterocycles. The lowest BCUT2D eigenvalue weighted by molar-refractivity contribution is -0.138. The van der Waals surface area contributed by atoms with Crippen molar-refractivity contribution in [1.29, 1.82) is 0 Å². The number of anilines is 1. The third-order valence-corrected chi connectivity index (χ3v) is 8.20. The Morgan fingerprint density at radius 1 is 0.944 bits per heavy atom. The van der Waals surface area contributed by atoms with E-state index in [0.717, 1.165) is 9.87 Å². The molecule has 0 unspecified atom stereocenters. The van der Waals surface area contributed by atoms with Crippen LogP contribution in [0.1, 0.15) is 18.1 Å². The maximum atomic E-state index is 13.7. The zero-order chi connectivity index (χ0) is 26.3. The Balaban J connectivity index is 2.00. The molecule has 0 aliphatic heterocycles. The van der Waals surface area contributed by atoms with Crippen molar-refractivity contribution in [2.24, 2.45) is 0 Å². The molecule has 1 N–H and O–H groups in total. The lowest BCUT2D eigenvalue weighted by atomic mass is 10.1. The number of rotatable bonds is 10. The third kappa shape index (κ3) is 6.25. The van der Waals surface area contributed by atoms with E-state index in [1.807, 2.05) is 30.3 Å². The van der Waals surface area contributed by atoms with Crippen molar-refractivity contribution in [2.45, 2.75) is 31.2 Å². The summed E-state index contributed by atoms with van der Waals surface area (Å²) in [5.41, 5.74) is 1.83. The Bertz CT molecular complexity index is 1300. The van der Waals surface area contributed by atoms with Gasteiger partial charge in [-0.1, -0.05) is 66.2 Å². The van der Waals surface area contributed by atoms with E-state index in [4.69, 9.17) is 11.6 Å². The summed E-state index contributed by atoms with van der Waals surface area (Å²) in [5.74, 6) is -0.839. The summed E-state index contributed by atoms with van der Waals surface area (Å²) >= 11 is 6.31. The number of amides is 2. The van der Waals surface area contributed by atoms with Crippen LogP contribution < -0.4 is 9.62 Å². The number of halogens is 1. The normalized spacial score (nSPS) is 12.0. The maximum absolute atomic E-state index is 13.7. The Morgan fingerprint density at radius 3 is 2.17 bits per heavy atom. The third-order valence-electron chi connectivity index (χ3n) is 6.02. The van der Waals surface area contributed by atoms with Crippen LogP contribution in [-0.4, -0.2) is 51.3 Å². The number of nitrogens with one attached hydrogen (secondary N) is 1. The predicted molar refractivity (Wildman–Crippen MR) is 143 cm³/mol. The molecule has 9 heteroatoms. The average Bonchev–Trinajstić information content (AvgIpc) is 2.89. The zero-order valence-electron chi connectivity index (χ0n) is 20.5. The number of hydrogen-bond donors (Lipinski definition) is 1. The molecule has 190 valence electrons. The molecule has 0 saturated heterocycles. The molecule has 7 nitrogen and oxygen atoms in total. The Hall–Kier alpha value is -3.36. The molecule has 3 aromatic rings. The van der Waals surface area contributed by atoms with E-state index in [-0.39, 0.29) is 17.3 Å². The summed E-state index contributed by atoms with van der Waals surface area (Å²) in [6.45, 7) is 3.08. The van der Waals surface area contributed by atoms with E-state index in [0.29, 0.717) is 22.7 Å². The standard InChI is InChI=1S/C27H30ClN3O4S/c1-20-24(28)15-10-16-25(20)31(36(34,35)23-13-8-5-9-14-23)19-26(32)30(21(2)27(33)29-3)18-17-22-11-6-4-7-12-22/h4-16,21H,17-19H2,1-3H3,(H,29,33)/t21-/m1/s1. The van der Waals surface area contributed by atoms with E-state index < -0.39 is 28.5 Å². The lowest BCUT2D eigenvalue weighted by Crippen LogP contribution is -2.51. The minimum atomic E-state index is -4.11. The molecule has 3 rings (SSSR count). The Labute approximate surface area is 217 Å². The number of nitrogens with zero attached hydrogens (tertiary/aromatic N) is 2. The minimum Gasteiger partial charge on any atom is -0.357 e. The van der Waals surface area contributed by atoms with Gasteiger partial charge in [0.15, 0.2) is 0 Å². The first-order valence-electron chi connectivity index (χ1n) is 11.5. The van der Waals surface area contributed by atoms with E-state index in [1.54, 1.807) is 50.2 Å². The average molecular weight is 528 g/mol. The van der Waals surface area contributed by atoms with Crippen LogP contribution in [0.4, 0.5) is 5.69 Å². The van der Waals surface area contributed by atoms with Gasteiger partial charge in [-0.3, -0.25) is 13.9 Å². The number of hydrogen-bond acceptors (Lipinski definition) is 4. The molecule has 0 aliphatic rings. The Kier molecular flexibility index (Phi) is 9.12. The second kappa shape index (κ2) is 12.1. The molecule has 0 aliphatic carbocycles. The summed E-state index contributed by atoms with van der Waals surface area (Å²) < 4.78 is 28.5. The predicted octanol–water partition coefficient (Wildman–Crippen LogP) is 4.05. The molecule has 3 aromatic carbocycles. The summed E-state index contributed by atoms with van der Waals surface area (Å²) in [7, 11) is -2.61. The van der Waals surface area contributed by atoms with Gasteiger partial charge in [0, 0.05) is 18.6 Å². The van der Waals surface area contributed by atoms with Gasteiger partial charge in [-0.25, -0.2) is 8.42 Å². The first-order valence-corrected chi connectivity index (χ1v) is 13.4. The van der Waals surface area contributed by atoms with Crippen LogP contribution in [0.25, 0.3) is 0 Å². The number of carbonyl (C=O) groups is 2. The van der Waals surface area contributed by atoms with Crippen LogP contribution in [0.2, 0.25) is 5.02 Å². The van der Waals surface area contributed by atoms with Gasteiger partial charge in [0.25, 0.3) is 10.0 Å². The van der Waals surface area contributed by atoms with E-state index in [1.165, 1.54) is 24.1 Å². The van der Waals surface area contributed by atoms with Gasteiger partial charge in [-0.05, 0) is 55.7 Å². The lowest BCUT2D eigenvalue weighted by Gasteiger charge is -2.32. The fourth-order valence-corrected chi connectivity index (χ4v) is 5.54. The van der Waals surface area contributed by atoms with Crippen molar-refractivity contribution in [3.05, 3.63) is 95.0 Å². The van der Waals surface area contributed by atoms with Gasteiger partial charge in [0.2, 0.25) is 11.8 Å². The molecule has 0 saturated carbocycles. The van der Waals surface area contributed by atoms with E-state index in [9.17, 15) is 18.0 Å². The van der Waals surface area contributed by atoms with Gasteiger partial charge < -0.3 is 10.2 Å². The molecule has 36 heavy (non-hydrogen) atoms. The Morgan fingerprint density at radius 2 is 1.56 bits per heavy atom. The fourth-order valence-electron chi connectivity index (χ4n) is 3.88. The second-order valence-corrected chi connectivity index (χ2v) is 10.6. The molecule has 0 radical (unpaired) electrons. The van der Waals surface area contributed by atoms with Crippen molar-refractivity contribution < 1.29 is 18.0 Å². The largest absolute Gasteiger partial charge is 0.357 e. The minimum absolute atomic E-state index is 0.0485. The zero-order valence-corrected chi connectivity index (χ0v) is 22.1. The smallest absolute Gasteiger partial charge is 0.264 e. The topological polar surface area (TPSA) is 86.8 Å². The van der Waals surface area contributed by atoms with Gasteiger partial charge in [0.1, 0.15) is 12.6 Å². The highest BCUT2D eigenvalue weighted by Gasteiger charge is 2.32. The number of benzene rings is 3. The molecule has 0 spiro atoms. The van der Waals surface area contributed by atoms with Crippen LogP contribution in [0, 0.1) is 6.92 Å². The summed E-state index contributed by atoms with van der Waals surface area (Å²) in [6.07, 6.45) is 0.509. The van der Waals surface area contributed by atoms with Crippen LogP contribution in [-0.2, 0) is 26.0 Å². The highest BCUT2D eigenvalue weighted by molar-refractivity contribution is 7.92. The van der Waals surface area contributed by atoms with Crippen molar-refractivity contribution in [3.63, 3.8) is 0 Å². The van der Waals surface area contributed by atoms with Crippen LogP contribution in [0.15, 0.2) is 83.8 Å². The number of likely N-dealkylation sites (N-methyl/N-ethyl adjacent to an activating group) is 1. The number of carbonyl (C=O) groups excluding carboxylic acids is 2. The van der Waals surface area contributed by atoms with Crippen LogP contribution in [0.3, 0.4) is 0 Å². The van der Waals surface area contributed by atoms with Crippen molar-refractivity contribution >= 4 is 39.1 Å². The monoisotopic (exact) mass is 527 g/mol. The number of sulfonamides is 1. The molecular formula is C27H30ClN3O4S. The van der Waals surface area contributed by atoms with Crippen LogP contribution in [0.5, 0.6) is 0 Å². The van der Waals surface area contributed by atoms with Crippen molar-refractivity contribution in [2.75, 3.05) is 24.4 Å². The molecule has 2 amide bonds. The van der Waals surface area contributed by atoms with Gasteiger partial charge in [0.05, 0.1) is 10.6 Å².